The van der Waals surface area contributed by atoms with E-state index in [0.717, 1.165) is 62.5 Å². The molecule has 0 bridgehead atoms. The van der Waals surface area contributed by atoms with E-state index in [1.54, 1.807) is 0 Å². The Morgan fingerprint density at radius 3 is 2.26 bits per heavy atom. The molecule has 0 spiro atoms. The Bertz CT molecular complexity index is 962. The Morgan fingerprint density at radius 2 is 1.69 bits per heavy atom. The summed E-state index contributed by atoms with van der Waals surface area (Å²) in [6.07, 6.45) is 5.64. The topological polar surface area (TPSA) is 42.4 Å². The number of amides is 1. The Kier molecular flexibility index (Phi) is 10.1. The molecule has 1 heterocycles. The highest BCUT2D eigenvalue weighted by Crippen LogP contribution is 2.25. The van der Waals surface area contributed by atoms with Gasteiger partial charge in [0.1, 0.15) is 0 Å². The smallest absolute Gasteiger partial charge is 0.226 e. The predicted molar refractivity (Wildman–Crippen MR) is 148 cm³/mol. The average Bonchev–Trinajstić information content (AvgIpc) is 2.88. The number of likely N-dealkylation sites (tertiary alicyclic amines) is 1. The number of carbonyl (C=O) groups is 1. The van der Waals surface area contributed by atoms with Crippen LogP contribution in [0.5, 0.6) is 0 Å². The highest BCUT2D eigenvalue weighted by atomic mass is 16.2. The van der Waals surface area contributed by atoms with Crippen molar-refractivity contribution in [3.63, 3.8) is 0 Å². The van der Waals surface area contributed by atoms with Crippen LogP contribution in [0.15, 0.2) is 71.5 Å². The second-order valence-electron chi connectivity index (χ2n) is 9.57. The molecule has 6 heteroatoms. The van der Waals surface area contributed by atoms with Crippen molar-refractivity contribution in [3.8, 4) is 0 Å². The molecule has 0 saturated carbocycles. The summed E-state index contributed by atoms with van der Waals surface area (Å²) in [6.45, 7) is 9.50. The van der Waals surface area contributed by atoms with Crippen LogP contribution in [0, 0.1) is 0 Å². The van der Waals surface area contributed by atoms with Gasteiger partial charge in [0.05, 0.1) is 5.70 Å². The Labute approximate surface area is 211 Å². The lowest BCUT2D eigenvalue weighted by Crippen LogP contribution is -2.47. The van der Waals surface area contributed by atoms with Gasteiger partial charge in [-0.2, -0.15) is 0 Å². The van der Waals surface area contributed by atoms with Crippen LogP contribution in [0.3, 0.4) is 0 Å². The zero-order valence-corrected chi connectivity index (χ0v) is 21.9. The molecule has 0 atom stereocenters. The highest BCUT2D eigenvalue weighted by molar-refractivity contribution is 5.93. The van der Waals surface area contributed by atoms with Crippen molar-refractivity contribution in [2.24, 2.45) is 4.99 Å². The van der Waals surface area contributed by atoms with Gasteiger partial charge >= 0.3 is 0 Å². The van der Waals surface area contributed by atoms with Crippen LogP contribution in [-0.4, -0.2) is 75.8 Å². The van der Waals surface area contributed by atoms with E-state index in [1.807, 2.05) is 69.5 Å². The van der Waals surface area contributed by atoms with E-state index >= 15 is 0 Å². The van der Waals surface area contributed by atoms with E-state index < -0.39 is 0 Å². The predicted octanol–water partition coefficient (Wildman–Crippen LogP) is 4.68. The van der Waals surface area contributed by atoms with Gasteiger partial charge in [0.15, 0.2) is 0 Å². The van der Waals surface area contributed by atoms with Gasteiger partial charge in [-0.05, 0) is 69.9 Å². The van der Waals surface area contributed by atoms with Crippen molar-refractivity contribution in [2.45, 2.75) is 38.6 Å². The van der Waals surface area contributed by atoms with Crippen LogP contribution in [0.2, 0.25) is 0 Å². The second kappa shape index (κ2) is 13.2. The summed E-state index contributed by atoms with van der Waals surface area (Å²) in [5.74, 6) is 0.215. The van der Waals surface area contributed by atoms with Crippen LogP contribution < -0.4 is 9.80 Å². The fourth-order valence-corrected chi connectivity index (χ4v) is 4.66. The van der Waals surface area contributed by atoms with Crippen LogP contribution in [0.1, 0.15) is 31.7 Å². The lowest BCUT2D eigenvalue weighted by molar-refractivity contribution is -0.119. The molecule has 2 aromatic rings. The lowest BCUT2D eigenvalue weighted by atomic mass is 10.0. The minimum Gasteiger partial charge on any atom is -0.349 e. The summed E-state index contributed by atoms with van der Waals surface area (Å²) in [5, 5.41) is 0. The first-order chi connectivity index (χ1) is 16.9. The summed E-state index contributed by atoms with van der Waals surface area (Å²) in [4.78, 5) is 25.6. The summed E-state index contributed by atoms with van der Waals surface area (Å²) >= 11 is 0. The number of para-hydroxylation sites is 1. The number of likely N-dealkylation sites (N-methyl/N-ethyl adjacent to an activating group) is 1. The molecule has 1 aliphatic rings. The van der Waals surface area contributed by atoms with Gasteiger partial charge in [0.25, 0.3) is 0 Å². The van der Waals surface area contributed by atoms with E-state index in [9.17, 15) is 4.79 Å². The quantitative estimate of drug-likeness (QED) is 0.443. The third-order valence-corrected chi connectivity index (χ3v) is 6.61. The molecule has 0 aliphatic carbocycles. The van der Waals surface area contributed by atoms with Gasteiger partial charge in [-0.15, -0.1) is 0 Å². The van der Waals surface area contributed by atoms with Crippen LogP contribution >= 0.6 is 0 Å². The third-order valence-electron chi connectivity index (χ3n) is 6.61. The number of benzene rings is 2. The van der Waals surface area contributed by atoms with Gasteiger partial charge in [0.2, 0.25) is 5.91 Å². The third kappa shape index (κ3) is 7.77. The van der Waals surface area contributed by atoms with E-state index in [4.69, 9.17) is 0 Å². The monoisotopic (exact) mass is 475 g/mol. The molecule has 0 N–H and O–H groups in total. The number of hydrogen-bond acceptors (Lipinski definition) is 5. The molecule has 0 unspecified atom stereocenters. The Balaban J connectivity index is 1.51. The van der Waals surface area contributed by atoms with Crippen molar-refractivity contribution in [2.75, 3.05) is 57.1 Å². The number of aliphatic imine (C=N–C) groups is 1. The van der Waals surface area contributed by atoms with Gasteiger partial charge in [-0.25, -0.2) is 0 Å². The van der Waals surface area contributed by atoms with Crippen LogP contribution in [0.4, 0.5) is 11.4 Å². The maximum absolute atomic E-state index is 12.7. The summed E-state index contributed by atoms with van der Waals surface area (Å²) in [7, 11) is 6.10. The van der Waals surface area contributed by atoms with E-state index in [-0.39, 0.29) is 11.9 Å². The van der Waals surface area contributed by atoms with Crippen molar-refractivity contribution in [1.29, 1.82) is 0 Å². The normalized spacial score (nSPS) is 15.3. The average molecular weight is 476 g/mol. The number of nitrogens with zero attached hydrogens (tertiary/aromatic N) is 5. The number of rotatable bonds is 11. The van der Waals surface area contributed by atoms with E-state index in [1.165, 1.54) is 5.56 Å². The number of hydrogen-bond donors (Lipinski definition) is 0. The molecule has 35 heavy (non-hydrogen) atoms. The first-order valence-electron chi connectivity index (χ1n) is 12.6. The van der Waals surface area contributed by atoms with Crippen LogP contribution in [0.25, 0.3) is 0 Å². The molecule has 1 saturated heterocycles. The number of carbonyl (C=O) groups excluding carboxylic acids is 1. The molecule has 1 fully saturated rings. The highest BCUT2D eigenvalue weighted by Gasteiger charge is 2.28. The molecule has 3 rings (SSSR count). The SMILES string of the molecule is C=N/C(=C\N(C)c1ccc(CCN2CCC(N(C(=O)CC)c3ccccc3)CC2)cc1)CN(C)C. The molecule has 6 nitrogen and oxygen atoms in total. The Morgan fingerprint density at radius 1 is 1.03 bits per heavy atom. The lowest BCUT2D eigenvalue weighted by Gasteiger charge is -2.38. The minimum atomic E-state index is 0.215. The van der Waals surface area contributed by atoms with Crippen molar-refractivity contribution in [1.82, 2.24) is 9.80 Å². The van der Waals surface area contributed by atoms with Crippen LogP contribution in [-0.2, 0) is 11.2 Å². The molecular weight excluding hydrogens is 434 g/mol. The molecule has 0 aromatic heterocycles. The summed E-state index contributed by atoms with van der Waals surface area (Å²) in [5.41, 5.74) is 4.44. The molecule has 0 radical (unpaired) electrons. The van der Waals surface area contributed by atoms with Crippen molar-refractivity contribution >= 4 is 24.0 Å². The fourth-order valence-electron chi connectivity index (χ4n) is 4.66. The van der Waals surface area contributed by atoms with Gasteiger partial charge in [-0.3, -0.25) is 9.79 Å². The van der Waals surface area contributed by atoms with Gasteiger partial charge in [-0.1, -0.05) is 37.3 Å². The summed E-state index contributed by atoms with van der Waals surface area (Å²) < 4.78 is 0. The molecular formula is C29H41N5O. The van der Waals surface area contributed by atoms with E-state index in [2.05, 4.69) is 50.7 Å². The molecule has 1 amide bonds. The first kappa shape index (κ1) is 26.6. The van der Waals surface area contributed by atoms with Crippen molar-refractivity contribution in [3.05, 3.63) is 72.1 Å². The van der Waals surface area contributed by atoms with E-state index in [0.29, 0.717) is 6.42 Å². The Hall–Kier alpha value is -2.96. The largest absolute Gasteiger partial charge is 0.349 e. The molecule has 1 aliphatic heterocycles. The minimum absolute atomic E-state index is 0.215. The summed E-state index contributed by atoms with van der Waals surface area (Å²) in [6, 6.07) is 19.2. The molecule has 2 aromatic carbocycles. The van der Waals surface area contributed by atoms with Gasteiger partial charge < -0.3 is 19.6 Å². The first-order valence-corrected chi connectivity index (χ1v) is 12.6. The zero-order chi connectivity index (χ0) is 25.2. The maximum Gasteiger partial charge on any atom is 0.226 e. The van der Waals surface area contributed by atoms with Gasteiger partial charge in [0, 0.05) is 63.3 Å². The number of piperidine rings is 1. The zero-order valence-electron chi connectivity index (χ0n) is 21.9. The second-order valence-corrected chi connectivity index (χ2v) is 9.57. The maximum atomic E-state index is 12.7. The molecule has 188 valence electrons. The van der Waals surface area contributed by atoms with Crippen molar-refractivity contribution < 1.29 is 4.79 Å². The standard InChI is InChI=1S/C29H41N5O/c1-6-29(35)34(27-10-8-7-9-11-27)28-17-20-33(21-18-28)19-16-24-12-14-26(15-13-24)32(5)23-25(30-2)22-31(3)4/h7-15,23,28H,2,6,16-22H2,1,3-5H3/b25-23-. The fraction of sp³-hybridized carbons (Fsp3) is 0.448. The number of anilines is 2.